The molecular weight excluding hydrogens is 233 g/mol. The van der Waals surface area contributed by atoms with Crippen LogP contribution in [0.5, 0.6) is 0 Å². The van der Waals surface area contributed by atoms with Crippen LogP contribution in [0.15, 0.2) is 0 Å². The minimum atomic E-state index is -0.961. The summed E-state index contributed by atoms with van der Waals surface area (Å²) in [7, 11) is 1.53. The number of rotatable bonds is 8. The number of aliphatic carboxylic acids is 1. The molecule has 0 spiro atoms. The zero-order valence-electron chi connectivity index (χ0n) is 9.66. The molecular formula is C11H22KNO3. The van der Waals surface area contributed by atoms with E-state index in [0.717, 1.165) is 19.3 Å². The first kappa shape index (κ1) is 18.9. The van der Waals surface area contributed by atoms with Gasteiger partial charge in [-0.05, 0) is 6.42 Å². The topological polar surface area (TPSA) is 57.6 Å². The van der Waals surface area contributed by atoms with Crippen molar-refractivity contribution in [1.82, 2.24) is 4.90 Å². The van der Waals surface area contributed by atoms with Crippen molar-refractivity contribution in [2.24, 2.45) is 0 Å². The van der Waals surface area contributed by atoms with Gasteiger partial charge in [-0.15, -0.1) is 0 Å². The average Bonchev–Trinajstić information content (AvgIpc) is 2.16. The van der Waals surface area contributed by atoms with Crippen LogP contribution in [0.25, 0.3) is 0 Å². The molecule has 0 saturated heterocycles. The van der Waals surface area contributed by atoms with Crippen LogP contribution in [0.1, 0.15) is 45.4 Å². The quantitative estimate of drug-likeness (QED) is 0.524. The van der Waals surface area contributed by atoms with E-state index in [9.17, 15) is 9.59 Å². The number of amides is 1. The van der Waals surface area contributed by atoms with Crippen LogP contribution in [0.4, 0.5) is 0 Å². The molecule has 0 aromatic carbocycles. The predicted octanol–water partition coefficient (Wildman–Crippen LogP) is 1.24. The van der Waals surface area contributed by atoms with Gasteiger partial charge in [-0.1, -0.05) is 32.6 Å². The van der Waals surface area contributed by atoms with Crippen LogP contribution in [0.3, 0.4) is 0 Å². The third-order valence-electron chi connectivity index (χ3n) is 2.29. The Labute approximate surface area is 140 Å². The van der Waals surface area contributed by atoms with Crippen LogP contribution in [-0.2, 0) is 9.59 Å². The van der Waals surface area contributed by atoms with E-state index >= 15 is 0 Å². The summed E-state index contributed by atoms with van der Waals surface area (Å²) in [6, 6.07) is 0. The second kappa shape index (κ2) is 12.0. The van der Waals surface area contributed by atoms with E-state index in [0.29, 0.717) is 6.42 Å². The van der Waals surface area contributed by atoms with Gasteiger partial charge in [0.05, 0.1) is 0 Å². The molecule has 0 bridgehead atoms. The molecule has 0 aliphatic carbocycles. The molecule has 0 aromatic rings. The molecule has 0 saturated carbocycles. The fourth-order valence-corrected chi connectivity index (χ4v) is 1.36. The Balaban J connectivity index is 0. The summed E-state index contributed by atoms with van der Waals surface area (Å²) in [6.45, 7) is 1.94. The fraction of sp³-hybridized carbons (Fsp3) is 0.818. The number of unbranched alkanes of at least 4 members (excludes halogenated alkanes) is 4. The molecule has 1 N–H and O–H groups in total. The van der Waals surface area contributed by atoms with Crippen LogP contribution < -0.4 is 0 Å². The number of carbonyl (C=O) groups is 2. The number of nitrogens with zero attached hydrogens (tertiary/aromatic N) is 1. The van der Waals surface area contributed by atoms with E-state index in [1.54, 1.807) is 0 Å². The molecule has 0 unspecified atom stereocenters. The van der Waals surface area contributed by atoms with Gasteiger partial charge in [-0.25, -0.2) is 0 Å². The van der Waals surface area contributed by atoms with E-state index in [1.165, 1.54) is 24.8 Å². The van der Waals surface area contributed by atoms with Crippen LogP contribution in [-0.4, -0.2) is 86.9 Å². The van der Waals surface area contributed by atoms with Crippen molar-refractivity contribution in [3.05, 3.63) is 0 Å². The van der Waals surface area contributed by atoms with Crippen molar-refractivity contribution < 1.29 is 14.7 Å². The van der Waals surface area contributed by atoms with E-state index in [2.05, 4.69) is 6.92 Å². The summed E-state index contributed by atoms with van der Waals surface area (Å²) in [4.78, 5) is 23.0. The number of likely N-dealkylation sites (N-methyl/N-ethyl adjacent to an activating group) is 1. The number of carboxylic acids is 1. The monoisotopic (exact) mass is 255 g/mol. The second-order valence-electron chi connectivity index (χ2n) is 3.81. The second-order valence-corrected chi connectivity index (χ2v) is 3.81. The first-order valence-electron chi connectivity index (χ1n) is 5.53. The van der Waals surface area contributed by atoms with Crippen molar-refractivity contribution in [3.63, 3.8) is 0 Å². The average molecular weight is 255 g/mol. The molecule has 0 aliphatic heterocycles. The first-order valence-corrected chi connectivity index (χ1v) is 5.53. The third kappa shape index (κ3) is 11.1. The molecule has 0 rings (SSSR count). The molecule has 16 heavy (non-hydrogen) atoms. The molecule has 0 aliphatic rings. The maximum atomic E-state index is 11.4. The molecule has 1 amide bonds. The van der Waals surface area contributed by atoms with Gasteiger partial charge in [0.25, 0.3) is 0 Å². The van der Waals surface area contributed by atoms with E-state index in [1.807, 2.05) is 0 Å². The molecule has 4 nitrogen and oxygen atoms in total. The van der Waals surface area contributed by atoms with Crippen molar-refractivity contribution in [2.75, 3.05) is 13.6 Å². The van der Waals surface area contributed by atoms with Gasteiger partial charge in [0.2, 0.25) is 5.91 Å². The summed E-state index contributed by atoms with van der Waals surface area (Å²) in [5, 5.41) is 8.48. The van der Waals surface area contributed by atoms with Crippen molar-refractivity contribution in [2.45, 2.75) is 45.4 Å². The zero-order chi connectivity index (χ0) is 11.7. The van der Waals surface area contributed by atoms with Crippen LogP contribution in [0, 0.1) is 0 Å². The van der Waals surface area contributed by atoms with E-state index < -0.39 is 5.97 Å². The van der Waals surface area contributed by atoms with Gasteiger partial charge in [-0.2, -0.15) is 0 Å². The predicted molar refractivity (Wildman–Crippen MR) is 65.8 cm³/mol. The Morgan fingerprint density at radius 2 is 1.69 bits per heavy atom. The standard InChI is InChI=1S/C11H21NO3.K.H/c1-3-4-5-6-7-8-10(13)12(2)9-11(14)15;;/h3-9H2,1-2H3,(H,14,15);;. The summed E-state index contributed by atoms with van der Waals surface area (Å²) >= 11 is 0. The maximum absolute atomic E-state index is 11.4. The summed E-state index contributed by atoms with van der Waals surface area (Å²) in [5.74, 6) is -1.04. The van der Waals surface area contributed by atoms with Gasteiger partial charge in [0, 0.05) is 13.5 Å². The van der Waals surface area contributed by atoms with Gasteiger partial charge in [-0.3, -0.25) is 9.59 Å². The summed E-state index contributed by atoms with van der Waals surface area (Å²) in [6.07, 6.45) is 5.94. The Bertz CT molecular complexity index is 209. The first-order chi connectivity index (χ1) is 7.07. The minimum absolute atomic E-state index is 0. The molecule has 90 valence electrons. The normalized spacial score (nSPS) is 9.38. The Morgan fingerprint density at radius 3 is 2.19 bits per heavy atom. The molecule has 5 heteroatoms. The van der Waals surface area contributed by atoms with Gasteiger partial charge in [0.15, 0.2) is 0 Å². The zero-order valence-corrected chi connectivity index (χ0v) is 9.66. The Kier molecular flexibility index (Phi) is 14.2. The summed E-state index contributed by atoms with van der Waals surface area (Å²) in [5.41, 5.74) is 0. The number of carboxylic acid groups (broad SMARTS) is 1. The number of hydrogen-bond acceptors (Lipinski definition) is 2. The molecule has 0 atom stereocenters. The number of hydrogen-bond donors (Lipinski definition) is 1. The fourth-order valence-electron chi connectivity index (χ4n) is 1.36. The van der Waals surface area contributed by atoms with Gasteiger partial charge in [0.1, 0.15) is 6.54 Å². The SMILES string of the molecule is CCCCCCCC(=O)N(C)CC(=O)O.[KH]. The van der Waals surface area contributed by atoms with E-state index in [-0.39, 0.29) is 63.8 Å². The molecule has 0 radical (unpaired) electrons. The van der Waals surface area contributed by atoms with Crippen LogP contribution >= 0.6 is 0 Å². The molecule has 0 heterocycles. The van der Waals surface area contributed by atoms with Gasteiger partial charge >= 0.3 is 57.4 Å². The number of carbonyl (C=O) groups excluding carboxylic acids is 1. The molecule has 0 aromatic heterocycles. The van der Waals surface area contributed by atoms with Crippen molar-refractivity contribution in [3.8, 4) is 0 Å². The Hall–Kier alpha value is 0.576. The Morgan fingerprint density at radius 1 is 1.12 bits per heavy atom. The van der Waals surface area contributed by atoms with E-state index in [4.69, 9.17) is 5.11 Å². The van der Waals surface area contributed by atoms with Crippen LogP contribution in [0.2, 0.25) is 0 Å². The third-order valence-corrected chi connectivity index (χ3v) is 2.29. The van der Waals surface area contributed by atoms with Gasteiger partial charge < -0.3 is 10.0 Å². The summed E-state index contributed by atoms with van der Waals surface area (Å²) < 4.78 is 0. The van der Waals surface area contributed by atoms with Crippen molar-refractivity contribution in [1.29, 1.82) is 0 Å². The molecule has 0 fully saturated rings. The van der Waals surface area contributed by atoms with Crippen molar-refractivity contribution >= 4 is 63.3 Å².